The first-order valence-electron chi connectivity index (χ1n) is 13.9. The maximum atomic E-state index is 14.2. The van der Waals surface area contributed by atoms with Gasteiger partial charge < -0.3 is 15.0 Å². The largest absolute Gasteiger partial charge is 0.497 e. The molecule has 0 radical (unpaired) electrons. The van der Waals surface area contributed by atoms with Crippen molar-refractivity contribution in [2.75, 3.05) is 18.0 Å². The molecule has 3 aromatic carbocycles. The summed E-state index contributed by atoms with van der Waals surface area (Å²) < 4.78 is 34.4. The second kappa shape index (κ2) is 14.2. The van der Waals surface area contributed by atoms with Gasteiger partial charge in [-0.2, -0.15) is 0 Å². The van der Waals surface area contributed by atoms with Crippen LogP contribution in [0.5, 0.6) is 5.75 Å². The third kappa shape index (κ3) is 7.88. The maximum Gasteiger partial charge on any atom is 0.264 e. The van der Waals surface area contributed by atoms with Crippen LogP contribution in [-0.2, 0) is 26.2 Å². The molecule has 1 N–H and O–H groups in total. The lowest BCUT2D eigenvalue weighted by Gasteiger charge is -2.34. The minimum Gasteiger partial charge on any atom is -0.497 e. The van der Waals surface area contributed by atoms with Gasteiger partial charge in [-0.15, -0.1) is 0 Å². The topological polar surface area (TPSA) is 96.0 Å². The molecule has 0 saturated heterocycles. The molecule has 0 aliphatic heterocycles. The SMILES string of the molecule is CCC(C)NC(=O)C(CC)N(Cc1ccc(OC)cc1)C(=O)CN(c1cc(C)ccc1C)S(=O)(=O)c1ccccc1. The van der Waals surface area contributed by atoms with Gasteiger partial charge in [-0.25, -0.2) is 8.42 Å². The van der Waals surface area contributed by atoms with E-state index in [0.29, 0.717) is 23.4 Å². The number of ether oxygens (including phenoxy) is 1. The molecule has 0 fully saturated rings. The van der Waals surface area contributed by atoms with Crippen LogP contribution in [0, 0.1) is 13.8 Å². The summed E-state index contributed by atoms with van der Waals surface area (Å²) in [6.07, 6.45) is 1.10. The van der Waals surface area contributed by atoms with Gasteiger partial charge in [0.05, 0.1) is 17.7 Å². The fourth-order valence-electron chi connectivity index (χ4n) is 4.51. The van der Waals surface area contributed by atoms with Crippen molar-refractivity contribution in [3.8, 4) is 5.75 Å². The first-order chi connectivity index (χ1) is 19.5. The highest BCUT2D eigenvalue weighted by Gasteiger charge is 2.34. The number of amides is 2. The number of benzene rings is 3. The van der Waals surface area contributed by atoms with Crippen LogP contribution in [0.2, 0.25) is 0 Å². The van der Waals surface area contributed by atoms with Crippen molar-refractivity contribution in [3.63, 3.8) is 0 Å². The van der Waals surface area contributed by atoms with Gasteiger partial charge >= 0.3 is 0 Å². The Morgan fingerprint density at radius 1 is 0.927 bits per heavy atom. The molecule has 2 amide bonds. The molecule has 0 aliphatic rings. The van der Waals surface area contributed by atoms with Crippen LogP contribution >= 0.6 is 0 Å². The molecule has 220 valence electrons. The summed E-state index contributed by atoms with van der Waals surface area (Å²) in [6.45, 7) is 9.08. The monoisotopic (exact) mass is 579 g/mol. The van der Waals surface area contributed by atoms with Gasteiger partial charge in [-0.3, -0.25) is 13.9 Å². The fourth-order valence-corrected chi connectivity index (χ4v) is 6.00. The van der Waals surface area contributed by atoms with E-state index in [1.165, 1.54) is 17.0 Å². The molecule has 0 aliphatic carbocycles. The van der Waals surface area contributed by atoms with E-state index in [0.717, 1.165) is 21.9 Å². The third-order valence-electron chi connectivity index (χ3n) is 7.14. The second-order valence-corrected chi connectivity index (χ2v) is 12.1. The number of hydrogen-bond acceptors (Lipinski definition) is 5. The average molecular weight is 580 g/mol. The van der Waals surface area contributed by atoms with Crippen LogP contribution < -0.4 is 14.4 Å². The normalized spacial score (nSPS) is 12.7. The lowest BCUT2D eigenvalue weighted by atomic mass is 10.1. The van der Waals surface area contributed by atoms with E-state index in [1.54, 1.807) is 43.5 Å². The number of carbonyl (C=O) groups is 2. The number of nitrogens with one attached hydrogen (secondary N) is 1. The Labute approximate surface area is 244 Å². The van der Waals surface area contributed by atoms with Gasteiger partial charge in [0.15, 0.2) is 0 Å². The van der Waals surface area contributed by atoms with Crippen LogP contribution in [0.4, 0.5) is 5.69 Å². The lowest BCUT2D eigenvalue weighted by molar-refractivity contribution is -0.140. The summed E-state index contributed by atoms with van der Waals surface area (Å²) >= 11 is 0. The summed E-state index contributed by atoms with van der Waals surface area (Å²) in [5.74, 6) is -0.0801. The fraction of sp³-hybridized carbons (Fsp3) is 0.375. The highest BCUT2D eigenvalue weighted by molar-refractivity contribution is 7.92. The summed E-state index contributed by atoms with van der Waals surface area (Å²) in [7, 11) is -2.54. The zero-order chi connectivity index (χ0) is 30.2. The quantitative estimate of drug-likeness (QED) is 0.299. The minimum absolute atomic E-state index is 0.0700. The Balaban J connectivity index is 2.08. The first-order valence-corrected chi connectivity index (χ1v) is 15.3. The van der Waals surface area contributed by atoms with Crippen LogP contribution in [0.25, 0.3) is 0 Å². The summed E-state index contributed by atoms with van der Waals surface area (Å²) in [4.78, 5) is 29.2. The van der Waals surface area contributed by atoms with Crippen LogP contribution in [0.1, 0.15) is 50.3 Å². The maximum absolute atomic E-state index is 14.2. The summed E-state index contributed by atoms with van der Waals surface area (Å²) in [5, 5.41) is 2.99. The van der Waals surface area contributed by atoms with Gasteiger partial charge in [-0.05, 0) is 80.6 Å². The second-order valence-electron chi connectivity index (χ2n) is 10.2. The van der Waals surface area contributed by atoms with Crippen LogP contribution in [-0.4, -0.2) is 50.9 Å². The number of aryl methyl sites for hydroxylation is 2. The molecule has 0 saturated carbocycles. The Hall–Kier alpha value is -3.85. The zero-order valence-electron chi connectivity index (χ0n) is 24.8. The van der Waals surface area contributed by atoms with Gasteiger partial charge in [0.1, 0.15) is 18.3 Å². The van der Waals surface area contributed by atoms with E-state index < -0.39 is 28.5 Å². The van der Waals surface area contributed by atoms with Gasteiger partial charge in [0.2, 0.25) is 11.8 Å². The number of sulfonamides is 1. The molecule has 8 nitrogen and oxygen atoms in total. The van der Waals surface area contributed by atoms with E-state index in [4.69, 9.17) is 4.74 Å². The number of hydrogen-bond donors (Lipinski definition) is 1. The molecular formula is C32H41N3O5S. The Morgan fingerprint density at radius 2 is 1.59 bits per heavy atom. The average Bonchev–Trinajstić information content (AvgIpc) is 2.97. The van der Waals surface area contributed by atoms with Crippen LogP contribution in [0.3, 0.4) is 0 Å². The van der Waals surface area contributed by atoms with Crippen molar-refractivity contribution in [1.82, 2.24) is 10.2 Å². The van der Waals surface area contributed by atoms with Crippen molar-refractivity contribution in [1.29, 1.82) is 0 Å². The molecule has 0 bridgehead atoms. The van der Waals surface area contributed by atoms with Crippen molar-refractivity contribution < 1.29 is 22.7 Å². The number of rotatable bonds is 13. The Bertz CT molecular complexity index is 1430. The van der Waals surface area contributed by atoms with Gasteiger partial charge in [0, 0.05) is 12.6 Å². The van der Waals surface area contributed by atoms with Crippen molar-refractivity contribution >= 4 is 27.5 Å². The highest BCUT2D eigenvalue weighted by atomic mass is 32.2. The standard InChI is InChI=1S/C32H41N3O5S/c1-7-25(5)33-32(37)29(8-2)34(21-26-16-18-27(40-6)19-17-26)31(36)22-35(30-20-23(3)14-15-24(30)4)41(38,39)28-12-10-9-11-13-28/h9-20,25,29H,7-8,21-22H2,1-6H3,(H,33,37). The molecule has 0 aromatic heterocycles. The Kier molecular flexibility index (Phi) is 10.9. The van der Waals surface area contributed by atoms with E-state index in [-0.39, 0.29) is 23.4 Å². The van der Waals surface area contributed by atoms with Gasteiger partial charge in [0.25, 0.3) is 10.0 Å². The first kappa shape index (κ1) is 31.7. The van der Waals surface area contributed by atoms with Crippen LogP contribution in [0.15, 0.2) is 77.7 Å². The molecule has 3 aromatic rings. The van der Waals surface area contributed by atoms with Crippen molar-refractivity contribution in [3.05, 3.63) is 89.5 Å². The van der Waals surface area contributed by atoms with E-state index in [9.17, 15) is 18.0 Å². The number of nitrogens with zero attached hydrogens (tertiary/aromatic N) is 2. The molecule has 2 unspecified atom stereocenters. The Morgan fingerprint density at radius 3 is 2.17 bits per heavy atom. The molecule has 0 spiro atoms. The van der Waals surface area contributed by atoms with E-state index >= 15 is 0 Å². The minimum atomic E-state index is -4.11. The van der Waals surface area contributed by atoms with Crippen molar-refractivity contribution in [2.45, 2.75) is 71.0 Å². The predicted molar refractivity (Wildman–Crippen MR) is 162 cm³/mol. The molecular weight excluding hydrogens is 538 g/mol. The lowest BCUT2D eigenvalue weighted by Crippen LogP contribution is -2.53. The molecule has 41 heavy (non-hydrogen) atoms. The summed E-state index contributed by atoms with van der Waals surface area (Å²) in [6, 6.07) is 20.0. The number of carbonyl (C=O) groups excluding carboxylic acids is 2. The summed E-state index contributed by atoms with van der Waals surface area (Å²) in [5.41, 5.74) is 2.79. The zero-order valence-corrected chi connectivity index (χ0v) is 25.6. The van der Waals surface area contributed by atoms with E-state index in [1.807, 2.05) is 58.9 Å². The molecule has 0 heterocycles. The van der Waals surface area contributed by atoms with Crippen molar-refractivity contribution in [2.24, 2.45) is 0 Å². The number of methoxy groups -OCH3 is 1. The molecule has 2 atom stereocenters. The third-order valence-corrected chi connectivity index (χ3v) is 8.92. The van der Waals surface area contributed by atoms with E-state index in [2.05, 4.69) is 5.32 Å². The highest BCUT2D eigenvalue weighted by Crippen LogP contribution is 2.28. The molecule has 3 rings (SSSR count). The number of anilines is 1. The molecule has 9 heteroatoms. The smallest absolute Gasteiger partial charge is 0.264 e. The predicted octanol–water partition coefficient (Wildman–Crippen LogP) is 5.23. The van der Waals surface area contributed by atoms with Gasteiger partial charge in [-0.1, -0.05) is 56.3 Å².